The van der Waals surface area contributed by atoms with E-state index in [0.29, 0.717) is 13.0 Å². The number of rotatable bonds is 4. The highest BCUT2D eigenvalue weighted by Gasteiger charge is 2.26. The summed E-state index contributed by atoms with van der Waals surface area (Å²) >= 11 is 0. The van der Waals surface area contributed by atoms with Crippen molar-refractivity contribution in [2.75, 3.05) is 20.2 Å². The molecule has 1 heterocycles. The molecule has 0 aromatic rings. The molecule has 0 bridgehead atoms. The fourth-order valence-corrected chi connectivity index (χ4v) is 2.20. The lowest BCUT2D eigenvalue weighted by Gasteiger charge is -2.28. The summed E-state index contributed by atoms with van der Waals surface area (Å²) in [6.07, 6.45) is 4.49. The Morgan fingerprint density at radius 3 is 2.63 bits per heavy atom. The Bertz CT molecular complexity index is 344. The molecule has 19 heavy (non-hydrogen) atoms. The van der Waals surface area contributed by atoms with E-state index in [1.165, 1.54) is 14.0 Å². The zero-order valence-electron chi connectivity index (χ0n) is 11.6. The molecule has 6 nitrogen and oxygen atoms in total. The van der Waals surface area contributed by atoms with Crippen molar-refractivity contribution in [3.8, 4) is 0 Å². The topological polar surface area (TPSA) is 75.7 Å². The zero-order chi connectivity index (χ0) is 14.3. The second kappa shape index (κ2) is 7.76. The quantitative estimate of drug-likeness (QED) is 0.753. The van der Waals surface area contributed by atoms with Crippen molar-refractivity contribution in [2.24, 2.45) is 0 Å². The van der Waals surface area contributed by atoms with Crippen molar-refractivity contribution in [3.63, 3.8) is 0 Å². The Kier molecular flexibility index (Phi) is 6.32. The Morgan fingerprint density at radius 1 is 1.32 bits per heavy atom. The molecule has 6 heteroatoms. The highest BCUT2D eigenvalue weighted by Crippen LogP contribution is 2.12. The number of nitrogens with one attached hydrogen (secondary N) is 1. The molecule has 1 aliphatic heterocycles. The van der Waals surface area contributed by atoms with Gasteiger partial charge in [-0.25, -0.2) is 4.79 Å². The third-order valence-electron chi connectivity index (χ3n) is 3.19. The number of esters is 1. The Balaban J connectivity index is 2.66. The van der Waals surface area contributed by atoms with Crippen molar-refractivity contribution < 1.29 is 19.1 Å². The second-order valence-electron chi connectivity index (χ2n) is 4.78. The molecule has 0 radical (unpaired) electrons. The van der Waals surface area contributed by atoms with Crippen LogP contribution in [0.3, 0.4) is 0 Å². The molecule has 0 aliphatic carbocycles. The number of likely N-dealkylation sites (tertiary alicyclic amines) is 1. The Morgan fingerprint density at radius 2 is 2.00 bits per heavy atom. The predicted molar refractivity (Wildman–Crippen MR) is 69.3 cm³/mol. The third-order valence-corrected chi connectivity index (χ3v) is 3.19. The lowest BCUT2D eigenvalue weighted by Crippen LogP contribution is -2.50. The summed E-state index contributed by atoms with van der Waals surface area (Å²) in [6, 6.07) is -0.786. The maximum atomic E-state index is 12.0. The minimum absolute atomic E-state index is 0.0407. The number of hydrogen-bond acceptors (Lipinski definition) is 4. The van der Waals surface area contributed by atoms with Crippen LogP contribution in [0.5, 0.6) is 0 Å². The van der Waals surface area contributed by atoms with Crippen molar-refractivity contribution in [1.29, 1.82) is 0 Å². The minimum Gasteiger partial charge on any atom is -0.467 e. The molecular weight excluding hydrogens is 248 g/mol. The largest absolute Gasteiger partial charge is 0.467 e. The van der Waals surface area contributed by atoms with Crippen molar-refractivity contribution in [2.45, 2.75) is 45.1 Å². The van der Waals surface area contributed by atoms with Crippen LogP contribution in [0.4, 0.5) is 0 Å². The molecule has 0 aromatic carbocycles. The van der Waals surface area contributed by atoms with Gasteiger partial charge in [0.15, 0.2) is 0 Å². The maximum absolute atomic E-state index is 12.0. The number of methoxy groups -OCH3 is 1. The van der Waals surface area contributed by atoms with E-state index in [2.05, 4.69) is 10.1 Å². The molecule has 1 unspecified atom stereocenters. The zero-order valence-corrected chi connectivity index (χ0v) is 11.6. The smallest absolute Gasteiger partial charge is 0.330 e. The van der Waals surface area contributed by atoms with Crippen molar-refractivity contribution in [3.05, 3.63) is 0 Å². The van der Waals surface area contributed by atoms with Gasteiger partial charge in [-0.05, 0) is 12.8 Å². The van der Waals surface area contributed by atoms with Gasteiger partial charge in [0.25, 0.3) is 0 Å². The van der Waals surface area contributed by atoms with Gasteiger partial charge in [0.2, 0.25) is 11.8 Å². The average Bonchev–Trinajstić information content (AvgIpc) is 2.35. The third kappa shape index (κ3) is 5.28. The summed E-state index contributed by atoms with van der Waals surface area (Å²) < 4.78 is 4.65. The van der Waals surface area contributed by atoms with E-state index in [1.807, 2.05) is 0 Å². The van der Waals surface area contributed by atoms with Crippen LogP contribution in [0.25, 0.3) is 0 Å². The van der Waals surface area contributed by atoms with Crippen LogP contribution in [0, 0.1) is 0 Å². The summed E-state index contributed by atoms with van der Waals surface area (Å²) in [5, 5.41) is 2.53. The van der Waals surface area contributed by atoms with E-state index in [1.54, 1.807) is 4.90 Å². The first kappa shape index (κ1) is 15.5. The first-order valence-corrected chi connectivity index (χ1v) is 6.67. The van der Waals surface area contributed by atoms with Crippen LogP contribution in [0.15, 0.2) is 0 Å². The SMILES string of the molecule is COC(=O)C(CN1CCCCCCC1=O)NC(C)=O. The van der Waals surface area contributed by atoms with E-state index in [9.17, 15) is 14.4 Å². The lowest BCUT2D eigenvalue weighted by molar-refractivity contribution is -0.146. The van der Waals surface area contributed by atoms with Crippen molar-refractivity contribution in [1.82, 2.24) is 10.2 Å². The van der Waals surface area contributed by atoms with Gasteiger partial charge in [-0.3, -0.25) is 9.59 Å². The summed E-state index contributed by atoms with van der Waals surface area (Å²) in [4.78, 5) is 36.3. The predicted octanol–water partition coefficient (Wildman–Crippen LogP) is 0.457. The first-order valence-electron chi connectivity index (χ1n) is 6.67. The summed E-state index contributed by atoms with van der Waals surface area (Å²) in [5.41, 5.74) is 0. The maximum Gasteiger partial charge on any atom is 0.330 e. The second-order valence-corrected chi connectivity index (χ2v) is 4.78. The molecule has 1 N–H and O–H groups in total. The molecule has 0 aromatic heterocycles. The van der Waals surface area contributed by atoms with E-state index in [4.69, 9.17) is 0 Å². The van der Waals surface area contributed by atoms with E-state index in [-0.39, 0.29) is 18.4 Å². The molecule has 1 atom stereocenters. The van der Waals surface area contributed by atoms with Gasteiger partial charge in [0, 0.05) is 19.9 Å². The Hall–Kier alpha value is -1.59. The van der Waals surface area contributed by atoms with Crippen LogP contribution in [-0.2, 0) is 19.1 Å². The molecular formula is C13H22N2O4. The van der Waals surface area contributed by atoms with E-state index >= 15 is 0 Å². The van der Waals surface area contributed by atoms with Gasteiger partial charge in [0.05, 0.1) is 13.7 Å². The number of carbonyl (C=O) groups is 3. The van der Waals surface area contributed by atoms with Gasteiger partial charge in [-0.2, -0.15) is 0 Å². The highest BCUT2D eigenvalue weighted by atomic mass is 16.5. The Labute approximate surface area is 113 Å². The molecule has 0 spiro atoms. The molecule has 2 amide bonds. The standard InChI is InChI=1S/C13H22N2O4/c1-10(16)14-11(13(18)19-2)9-15-8-6-4-3-5-7-12(15)17/h11H,3-9H2,1-2H3,(H,14,16). The van der Waals surface area contributed by atoms with Gasteiger partial charge in [-0.1, -0.05) is 12.8 Å². The summed E-state index contributed by atoms with van der Waals surface area (Å²) in [6.45, 7) is 2.15. The monoisotopic (exact) mass is 270 g/mol. The summed E-state index contributed by atoms with van der Waals surface area (Å²) in [7, 11) is 1.27. The fourth-order valence-electron chi connectivity index (χ4n) is 2.20. The molecule has 0 saturated carbocycles. The van der Waals surface area contributed by atoms with Crippen LogP contribution < -0.4 is 5.32 Å². The van der Waals surface area contributed by atoms with Crippen molar-refractivity contribution >= 4 is 17.8 Å². The number of ether oxygens (including phenoxy) is 1. The van der Waals surface area contributed by atoms with E-state index < -0.39 is 12.0 Å². The first-order chi connectivity index (χ1) is 9.04. The minimum atomic E-state index is -0.786. The van der Waals surface area contributed by atoms with Crippen LogP contribution in [-0.4, -0.2) is 48.9 Å². The van der Waals surface area contributed by atoms with Crippen LogP contribution in [0.1, 0.15) is 39.0 Å². The van der Waals surface area contributed by atoms with Gasteiger partial charge < -0.3 is 15.0 Å². The molecule has 1 rings (SSSR count). The number of amides is 2. The highest BCUT2D eigenvalue weighted by molar-refractivity contribution is 5.84. The number of hydrogen-bond donors (Lipinski definition) is 1. The summed E-state index contributed by atoms with van der Waals surface area (Å²) in [5.74, 6) is -0.793. The van der Waals surface area contributed by atoms with Gasteiger partial charge in [0.1, 0.15) is 6.04 Å². The average molecular weight is 270 g/mol. The van der Waals surface area contributed by atoms with Gasteiger partial charge >= 0.3 is 5.97 Å². The molecule has 108 valence electrons. The molecule has 1 saturated heterocycles. The van der Waals surface area contributed by atoms with Crippen LogP contribution in [0.2, 0.25) is 0 Å². The van der Waals surface area contributed by atoms with Gasteiger partial charge in [-0.15, -0.1) is 0 Å². The molecule has 1 aliphatic rings. The normalized spacial score (nSPS) is 18.2. The lowest BCUT2D eigenvalue weighted by atomic mass is 10.1. The van der Waals surface area contributed by atoms with Crippen LogP contribution >= 0.6 is 0 Å². The molecule has 1 fully saturated rings. The number of carbonyl (C=O) groups excluding carboxylic acids is 3. The fraction of sp³-hybridized carbons (Fsp3) is 0.769. The van der Waals surface area contributed by atoms with E-state index in [0.717, 1.165) is 25.7 Å². The number of nitrogens with zero attached hydrogens (tertiary/aromatic N) is 1.